The average molecular weight is 545 g/mol. The smallest absolute Gasteiger partial charge is 0.257 e. The number of nitrogens with zero attached hydrogens (tertiary/aromatic N) is 3. The molecule has 0 radical (unpaired) electrons. The molecule has 2 aromatic carbocycles. The highest BCUT2D eigenvalue weighted by Gasteiger charge is 2.43. The molecular formula is C33H41FN4O2. The van der Waals surface area contributed by atoms with Gasteiger partial charge in [0.2, 0.25) is 5.91 Å². The fraction of sp³-hybridized carbons (Fsp3) is 0.455. The standard InChI is InChI=1S/C33H41FN4O2/c1-22-9-5-14-29(34)30(22)33(40)38-20-8-13-28(31(38)24-15-17-26(18-16-24)36(3)4)32(39)35-25-11-6-12-27(21-25)37-19-7-10-23(37)2/h5-6,9,11-12,14-15,17-18,21,23-24,28,31H,7-8,10,13,16,19-20H2,1-4H3,(H,35,39)/t23?,24?,28?,31-/m0/s1. The molecule has 2 saturated heterocycles. The molecule has 2 fully saturated rings. The zero-order chi connectivity index (χ0) is 28.4. The largest absolute Gasteiger partial charge is 0.378 e. The van der Waals surface area contributed by atoms with Crippen LogP contribution in [0.5, 0.6) is 0 Å². The zero-order valence-corrected chi connectivity index (χ0v) is 24.1. The number of halogens is 1. The van der Waals surface area contributed by atoms with Gasteiger partial charge in [-0.2, -0.15) is 0 Å². The Balaban J connectivity index is 1.44. The van der Waals surface area contributed by atoms with Crippen molar-refractivity contribution in [3.05, 3.63) is 83.3 Å². The molecule has 3 unspecified atom stereocenters. The highest BCUT2D eigenvalue weighted by atomic mass is 19.1. The zero-order valence-electron chi connectivity index (χ0n) is 24.1. The molecular weight excluding hydrogens is 503 g/mol. The number of carbonyl (C=O) groups excluding carboxylic acids is 2. The van der Waals surface area contributed by atoms with E-state index in [-0.39, 0.29) is 29.3 Å². The number of benzene rings is 2. The number of anilines is 2. The number of carbonyl (C=O) groups is 2. The highest BCUT2D eigenvalue weighted by Crippen LogP contribution is 2.36. The molecule has 2 aromatic rings. The van der Waals surface area contributed by atoms with Crippen molar-refractivity contribution < 1.29 is 14.0 Å². The molecule has 6 nitrogen and oxygen atoms in total. The van der Waals surface area contributed by atoms with E-state index in [1.807, 2.05) is 26.2 Å². The van der Waals surface area contributed by atoms with Crippen LogP contribution >= 0.6 is 0 Å². The van der Waals surface area contributed by atoms with E-state index in [0.717, 1.165) is 23.6 Å². The van der Waals surface area contributed by atoms with Crippen molar-refractivity contribution in [2.45, 2.75) is 58.0 Å². The lowest BCUT2D eigenvalue weighted by Gasteiger charge is -2.44. The Kier molecular flexibility index (Phi) is 8.29. The van der Waals surface area contributed by atoms with Gasteiger partial charge in [-0.15, -0.1) is 0 Å². The van der Waals surface area contributed by atoms with Crippen LogP contribution in [0.3, 0.4) is 0 Å². The van der Waals surface area contributed by atoms with Crippen molar-refractivity contribution >= 4 is 23.2 Å². The van der Waals surface area contributed by atoms with Gasteiger partial charge in [0.05, 0.1) is 17.5 Å². The topological polar surface area (TPSA) is 55.9 Å². The van der Waals surface area contributed by atoms with Gasteiger partial charge >= 0.3 is 0 Å². The van der Waals surface area contributed by atoms with E-state index in [2.05, 4.69) is 52.4 Å². The highest BCUT2D eigenvalue weighted by molar-refractivity contribution is 5.98. The number of aryl methyl sites for hydroxylation is 1. The maximum absolute atomic E-state index is 14.9. The number of hydrogen-bond donors (Lipinski definition) is 1. The van der Waals surface area contributed by atoms with Crippen LogP contribution in [0.4, 0.5) is 15.8 Å². The number of likely N-dealkylation sites (tertiary alicyclic amines) is 1. The number of rotatable bonds is 6. The van der Waals surface area contributed by atoms with Crippen molar-refractivity contribution in [3.8, 4) is 0 Å². The van der Waals surface area contributed by atoms with Gasteiger partial charge in [-0.05, 0) is 81.9 Å². The first-order valence-electron chi connectivity index (χ1n) is 14.5. The number of piperidine rings is 1. The third kappa shape index (κ3) is 5.65. The minimum Gasteiger partial charge on any atom is -0.378 e. The maximum atomic E-state index is 14.9. The van der Waals surface area contributed by atoms with E-state index < -0.39 is 11.7 Å². The summed E-state index contributed by atoms with van der Waals surface area (Å²) in [5.74, 6) is -1.40. The second kappa shape index (κ2) is 11.9. The molecule has 0 aromatic heterocycles. The predicted molar refractivity (Wildman–Crippen MR) is 159 cm³/mol. The van der Waals surface area contributed by atoms with E-state index in [0.29, 0.717) is 37.4 Å². The Bertz CT molecular complexity index is 1300. The van der Waals surface area contributed by atoms with Crippen LogP contribution in [-0.4, -0.2) is 60.9 Å². The lowest BCUT2D eigenvalue weighted by atomic mass is 9.77. The van der Waals surface area contributed by atoms with Crippen LogP contribution in [0.2, 0.25) is 0 Å². The quantitative estimate of drug-likeness (QED) is 0.484. The third-order valence-electron chi connectivity index (χ3n) is 8.79. The fourth-order valence-corrected chi connectivity index (χ4v) is 6.64. The fourth-order valence-electron chi connectivity index (χ4n) is 6.64. The van der Waals surface area contributed by atoms with Gasteiger partial charge in [0.1, 0.15) is 5.82 Å². The van der Waals surface area contributed by atoms with Crippen molar-refractivity contribution in [2.75, 3.05) is 37.4 Å². The summed E-state index contributed by atoms with van der Waals surface area (Å²) in [6.45, 7) is 5.52. The van der Waals surface area contributed by atoms with Crippen LogP contribution in [0, 0.1) is 24.6 Å². The summed E-state index contributed by atoms with van der Waals surface area (Å²) in [5.41, 5.74) is 3.69. The molecule has 2 amide bonds. The number of hydrogen-bond acceptors (Lipinski definition) is 4. The van der Waals surface area contributed by atoms with Gasteiger partial charge < -0.3 is 20.0 Å². The normalized spacial score (nSPS) is 24.6. The molecule has 2 heterocycles. The molecule has 212 valence electrons. The summed E-state index contributed by atoms with van der Waals surface area (Å²) in [6.07, 6.45) is 10.8. The summed E-state index contributed by atoms with van der Waals surface area (Å²) >= 11 is 0. The second-order valence-corrected chi connectivity index (χ2v) is 11.7. The lowest BCUT2D eigenvalue weighted by Crippen LogP contribution is -2.55. The van der Waals surface area contributed by atoms with Crippen molar-refractivity contribution in [3.63, 3.8) is 0 Å². The van der Waals surface area contributed by atoms with E-state index in [4.69, 9.17) is 0 Å². The molecule has 1 aliphatic carbocycles. The first kappa shape index (κ1) is 27.9. The molecule has 2 aliphatic heterocycles. The molecule has 4 atom stereocenters. The minimum atomic E-state index is -0.516. The number of amides is 2. The van der Waals surface area contributed by atoms with Gasteiger partial charge in [0.25, 0.3) is 5.91 Å². The molecule has 5 rings (SSSR count). The third-order valence-corrected chi connectivity index (χ3v) is 8.79. The first-order valence-corrected chi connectivity index (χ1v) is 14.5. The molecule has 0 saturated carbocycles. The SMILES string of the molecule is Cc1cccc(F)c1C(=O)N1CCCC(C(=O)Nc2cccc(N3CCCC3C)c2)[C@@H]1C1C=CC(N(C)C)=CC1. The van der Waals surface area contributed by atoms with E-state index in [1.54, 1.807) is 24.0 Å². The number of allylic oxidation sites excluding steroid dienone is 2. The maximum Gasteiger partial charge on any atom is 0.257 e. The Hall–Kier alpha value is -3.61. The molecule has 1 N–H and O–H groups in total. The van der Waals surface area contributed by atoms with E-state index in [9.17, 15) is 14.0 Å². The second-order valence-electron chi connectivity index (χ2n) is 11.7. The summed E-state index contributed by atoms with van der Waals surface area (Å²) in [7, 11) is 4.00. The van der Waals surface area contributed by atoms with Crippen LogP contribution in [-0.2, 0) is 4.79 Å². The predicted octanol–water partition coefficient (Wildman–Crippen LogP) is 6.00. The Morgan fingerprint density at radius 1 is 1.05 bits per heavy atom. The van der Waals surface area contributed by atoms with Gasteiger partial charge in [-0.1, -0.05) is 30.4 Å². The van der Waals surface area contributed by atoms with Crippen LogP contribution in [0.1, 0.15) is 54.9 Å². The minimum absolute atomic E-state index is 0.0486. The van der Waals surface area contributed by atoms with Crippen LogP contribution < -0.4 is 10.2 Å². The van der Waals surface area contributed by atoms with Gasteiger partial charge in [-0.3, -0.25) is 9.59 Å². The number of likely N-dealkylation sites (N-methyl/N-ethyl adjacent to an activating group) is 1. The van der Waals surface area contributed by atoms with Crippen LogP contribution in [0.15, 0.2) is 66.4 Å². The van der Waals surface area contributed by atoms with E-state index in [1.165, 1.54) is 18.9 Å². The van der Waals surface area contributed by atoms with Crippen LogP contribution in [0.25, 0.3) is 0 Å². The lowest BCUT2D eigenvalue weighted by molar-refractivity contribution is -0.123. The summed E-state index contributed by atoms with van der Waals surface area (Å²) < 4.78 is 14.9. The monoisotopic (exact) mass is 544 g/mol. The Morgan fingerprint density at radius 2 is 1.82 bits per heavy atom. The van der Waals surface area contributed by atoms with Gasteiger partial charge in [0.15, 0.2) is 0 Å². The van der Waals surface area contributed by atoms with Gasteiger partial charge in [0, 0.05) is 56.2 Å². The summed E-state index contributed by atoms with van der Waals surface area (Å²) in [6, 6.07) is 12.9. The Labute approximate surface area is 237 Å². The number of nitrogens with one attached hydrogen (secondary N) is 1. The van der Waals surface area contributed by atoms with Crippen molar-refractivity contribution in [1.82, 2.24) is 9.80 Å². The molecule has 7 heteroatoms. The Morgan fingerprint density at radius 3 is 2.50 bits per heavy atom. The summed E-state index contributed by atoms with van der Waals surface area (Å²) in [5, 5.41) is 3.18. The van der Waals surface area contributed by atoms with Gasteiger partial charge in [-0.25, -0.2) is 4.39 Å². The average Bonchev–Trinajstić information content (AvgIpc) is 3.38. The molecule has 3 aliphatic rings. The molecule has 0 spiro atoms. The molecule has 40 heavy (non-hydrogen) atoms. The summed E-state index contributed by atoms with van der Waals surface area (Å²) in [4.78, 5) is 34.1. The van der Waals surface area contributed by atoms with E-state index >= 15 is 0 Å². The first-order chi connectivity index (χ1) is 19.2. The molecule has 0 bridgehead atoms. The van der Waals surface area contributed by atoms with Crippen molar-refractivity contribution in [1.29, 1.82) is 0 Å². The van der Waals surface area contributed by atoms with Crippen molar-refractivity contribution in [2.24, 2.45) is 11.8 Å².